The number of ether oxygens (including phenoxy) is 2. The van der Waals surface area contributed by atoms with Gasteiger partial charge in [-0.2, -0.15) is 0 Å². The molecule has 0 bridgehead atoms. The highest BCUT2D eigenvalue weighted by molar-refractivity contribution is 5.95. The average molecular weight is 242 g/mol. The zero-order valence-corrected chi connectivity index (χ0v) is 10.7. The van der Waals surface area contributed by atoms with Crippen LogP contribution >= 0.6 is 0 Å². The summed E-state index contributed by atoms with van der Waals surface area (Å²) in [6.07, 6.45) is 0.619. The van der Waals surface area contributed by atoms with E-state index in [4.69, 9.17) is 9.47 Å². The number of carbonyl (C=O) groups is 3. The van der Waals surface area contributed by atoms with Crippen molar-refractivity contribution >= 4 is 17.7 Å². The van der Waals surface area contributed by atoms with Crippen molar-refractivity contribution in [1.29, 1.82) is 0 Å². The number of hydrogen-bond donors (Lipinski definition) is 0. The van der Waals surface area contributed by atoms with Crippen molar-refractivity contribution in [2.45, 2.75) is 33.1 Å². The molecule has 0 N–H and O–H groups in total. The molecule has 1 aliphatic rings. The third kappa shape index (κ3) is 1.94. The normalized spacial score (nSPS) is 33.1. The Bertz CT molecular complexity index is 362. The summed E-state index contributed by atoms with van der Waals surface area (Å²) in [6.45, 7) is 3.25. The van der Waals surface area contributed by atoms with Gasteiger partial charge in [0.25, 0.3) is 0 Å². The third-order valence-electron chi connectivity index (χ3n) is 3.94. The molecule has 0 radical (unpaired) electrons. The highest BCUT2D eigenvalue weighted by Crippen LogP contribution is 2.50. The molecule has 1 fully saturated rings. The fraction of sp³-hybridized carbons (Fsp3) is 0.750. The largest absolute Gasteiger partial charge is 0.469 e. The van der Waals surface area contributed by atoms with E-state index >= 15 is 0 Å². The minimum atomic E-state index is -1.15. The molecule has 1 aliphatic carbocycles. The van der Waals surface area contributed by atoms with E-state index in [9.17, 15) is 14.4 Å². The van der Waals surface area contributed by atoms with Crippen LogP contribution in [0.5, 0.6) is 0 Å². The molecule has 0 saturated heterocycles. The Kier molecular flexibility index (Phi) is 3.59. The maximum Gasteiger partial charge on any atom is 0.313 e. The number of esters is 2. The lowest BCUT2D eigenvalue weighted by molar-refractivity contribution is -0.180. The summed E-state index contributed by atoms with van der Waals surface area (Å²) in [5.74, 6) is -1.05. The molecule has 0 aromatic rings. The van der Waals surface area contributed by atoms with Gasteiger partial charge in [0.15, 0.2) is 0 Å². The monoisotopic (exact) mass is 242 g/mol. The predicted octanol–water partition coefficient (Wildman–Crippen LogP) is 1.10. The third-order valence-corrected chi connectivity index (χ3v) is 3.94. The van der Waals surface area contributed by atoms with Crippen LogP contribution < -0.4 is 0 Å². The van der Waals surface area contributed by atoms with Gasteiger partial charge in [0.2, 0.25) is 0 Å². The summed E-state index contributed by atoms with van der Waals surface area (Å²) < 4.78 is 9.49. The first-order valence-corrected chi connectivity index (χ1v) is 5.50. The Morgan fingerprint density at radius 3 is 2.00 bits per heavy atom. The molecule has 5 heteroatoms. The van der Waals surface area contributed by atoms with E-state index in [-0.39, 0.29) is 18.6 Å². The van der Waals surface area contributed by atoms with Crippen LogP contribution in [-0.2, 0) is 23.9 Å². The number of methoxy groups -OCH3 is 2. The Balaban J connectivity index is 3.21. The SMILES string of the molecule is COC(=O)C1(C)CCC(=O)CC1(C)C(=O)OC. The van der Waals surface area contributed by atoms with Crippen molar-refractivity contribution in [1.82, 2.24) is 0 Å². The lowest BCUT2D eigenvalue weighted by Crippen LogP contribution is -2.53. The molecule has 0 heterocycles. The predicted molar refractivity (Wildman–Crippen MR) is 59.1 cm³/mol. The number of Topliss-reactive ketones (excluding diaryl/α,β-unsaturated/α-hetero) is 1. The van der Waals surface area contributed by atoms with Gasteiger partial charge in [-0.1, -0.05) is 0 Å². The van der Waals surface area contributed by atoms with Crippen molar-refractivity contribution < 1.29 is 23.9 Å². The first kappa shape index (κ1) is 13.7. The molecule has 1 saturated carbocycles. The van der Waals surface area contributed by atoms with Crippen LogP contribution in [0.1, 0.15) is 33.1 Å². The van der Waals surface area contributed by atoms with E-state index in [2.05, 4.69) is 0 Å². The summed E-state index contributed by atoms with van der Waals surface area (Å²) in [4.78, 5) is 35.3. The van der Waals surface area contributed by atoms with Gasteiger partial charge in [0.1, 0.15) is 5.78 Å². The van der Waals surface area contributed by atoms with E-state index in [0.29, 0.717) is 6.42 Å². The van der Waals surface area contributed by atoms with Gasteiger partial charge in [-0.15, -0.1) is 0 Å². The average Bonchev–Trinajstić information content (AvgIpc) is 2.32. The summed E-state index contributed by atoms with van der Waals surface area (Å²) in [5.41, 5.74) is -2.16. The summed E-state index contributed by atoms with van der Waals surface area (Å²) in [6, 6.07) is 0. The van der Waals surface area contributed by atoms with E-state index in [1.807, 2.05) is 0 Å². The van der Waals surface area contributed by atoms with E-state index in [1.165, 1.54) is 14.2 Å². The Labute approximate surface area is 100 Å². The Morgan fingerprint density at radius 2 is 1.53 bits per heavy atom. The molecular formula is C12H18O5. The molecule has 17 heavy (non-hydrogen) atoms. The molecule has 96 valence electrons. The molecule has 1 rings (SSSR count). The maximum absolute atomic E-state index is 11.9. The van der Waals surface area contributed by atoms with Crippen molar-refractivity contribution in [3.63, 3.8) is 0 Å². The number of rotatable bonds is 2. The molecular weight excluding hydrogens is 224 g/mol. The van der Waals surface area contributed by atoms with Gasteiger partial charge < -0.3 is 9.47 Å². The van der Waals surface area contributed by atoms with Crippen LogP contribution in [0.15, 0.2) is 0 Å². The standard InChI is InChI=1S/C12H18O5/c1-11(9(14)16-3)6-5-8(13)7-12(11,2)10(15)17-4/h5-7H2,1-4H3. The van der Waals surface area contributed by atoms with Crippen molar-refractivity contribution in [2.24, 2.45) is 10.8 Å². The van der Waals surface area contributed by atoms with Gasteiger partial charge in [0, 0.05) is 12.8 Å². The van der Waals surface area contributed by atoms with Crippen LogP contribution in [0.25, 0.3) is 0 Å². The fourth-order valence-electron chi connectivity index (χ4n) is 2.42. The minimum absolute atomic E-state index is 0.0191. The first-order valence-electron chi connectivity index (χ1n) is 5.50. The Hall–Kier alpha value is -1.39. The molecule has 0 amide bonds. The van der Waals surface area contributed by atoms with Gasteiger partial charge in [0.05, 0.1) is 25.0 Å². The molecule has 2 atom stereocenters. The number of hydrogen-bond acceptors (Lipinski definition) is 5. The van der Waals surface area contributed by atoms with Crippen LogP contribution in [0.2, 0.25) is 0 Å². The second-order valence-electron chi connectivity index (χ2n) is 4.86. The van der Waals surface area contributed by atoms with E-state index < -0.39 is 22.8 Å². The van der Waals surface area contributed by atoms with E-state index in [1.54, 1.807) is 13.8 Å². The van der Waals surface area contributed by atoms with Crippen LogP contribution in [0.4, 0.5) is 0 Å². The quantitative estimate of drug-likeness (QED) is 0.678. The minimum Gasteiger partial charge on any atom is -0.469 e. The second-order valence-corrected chi connectivity index (χ2v) is 4.86. The maximum atomic E-state index is 11.9. The topological polar surface area (TPSA) is 69.7 Å². The summed E-state index contributed by atoms with van der Waals surface area (Å²) in [5, 5.41) is 0. The lowest BCUT2D eigenvalue weighted by Gasteiger charge is -2.44. The Morgan fingerprint density at radius 1 is 1.06 bits per heavy atom. The second kappa shape index (κ2) is 4.47. The van der Waals surface area contributed by atoms with Gasteiger partial charge in [-0.3, -0.25) is 14.4 Å². The number of carbonyl (C=O) groups excluding carboxylic acids is 3. The van der Waals surface area contributed by atoms with Crippen LogP contribution in [0.3, 0.4) is 0 Å². The van der Waals surface area contributed by atoms with Gasteiger partial charge in [-0.25, -0.2) is 0 Å². The molecule has 0 aromatic heterocycles. The summed E-state index contributed by atoms with van der Waals surface area (Å²) in [7, 11) is 2.53. The van der Waals surface area contributed by atoms with Crippen LogP contribution in [0, 0.1) is 10.8 Å². The smallest absolute Gasteiger partial charge is 0.313 e. The van der Waals surface area contributed by atoms with E-state index in [0.717, 1.165) is 0 Å². The highest BCUT2D eigenvalue weighted by atomic mass is 16.5. The van der Waals surface area contributed by atoms with Gasteiger partial charge in [-0.05, 0) is 20.3 Å². The molecule has 0 spiro atoms. The van der Waals surface area contributed by atoms with Crippen LogP contribution in [-0.4, -0.2) is 31.9 Å². The number of ketones is 1. The zero-order chi connectivity index (χ0) is 13.3. The van der Waals surface area contributed by atoms with Crippen molar-refractivity contribution in [3.8, 4) is 0 Å². The summed E-state index contributed by atoms with van der Waals surface area (Å²) >= 11 is 0. The van der Waals surface area contributed by atoms with Gasteiger partial charge >= 0.3 is 11.9 Å². The van der Waals surface area contributed by atoms with Crippen molar-refractivity contribution in [2.75, 3.05) is 14.2 Å². The zero-order valence-electron chi connectivity index (χ0n) is 10.7. The lowest BCUT2D eigenvalue weighted by atomic mass is 9.57. The van der Waals surface area contributed by atoms with Crippen molar-refractivity contribution in [3.05, 3.63) is 0 Å². The first-order chi connectivity index (χ1) is 7.81. The molecule has 0 aliphatic heterocycles. The molecule has 5 nitrogen and oxygen atoms in total. The highest BCUT2D eigenvalue weighted by Gasteiger charge is 2.59. The molecule has 0 aromatic carbocycles. The molecule has 2 unspecified atom stereocenters. The fourth-order valence-corrected chi connectivity index (χ4v) is 2.42.